The highest BCUT2D eigenvalue weighted by Crippen LogP contribution is 2.31. The number of hydrogen-bond acceptors (Lipinski definition) is 2. The van der Waals surface area contributed by atoms with Crippen LogP contribution < -0.4 is 5.32 Å². The topological polar surface area (TPSA) is 30.9 Å². The fourth-order valence-corrected chi connectivity index (χ4v) is 4.21. The molecule has 1 aromatic carbocycles. The Morgan fingerprint density at radius 2 is 2.08 bits per heavy atom. The third-order valence-electron chi connectivity index (χ3n) is 5.33. The SMILES string of the molecule is C=CCNC(=NC)N1CCC2C(CCCN2Cc2ccccc2)C1.I. The van der Waals surface area contributed by atoms with Gasteiger partial charge in [0.15, 0.2) is 5.96 Å². The van der Waals surface area contributed by atoms with Crippen LogP contribution in [0.15, 0.2) is 48.0 Å². The molecule has 2 saturated heterocycles. The summed E-state index contributed by atoms with van der Waals surface area (Å²) in [6, 6.07) is 11.6. The molecule has 138 valence electrons. The number of hydrogen-bond donors (Lipinski definition) is 1. The van der Waals surface area contributed by atoms with Gasteiger partial charge in [0, 0.05) is 39.3 Å². The Morgan fingerprint density at radius 1 is 1.28 bits per heavy atom. The summed E-state index contributed by atoms with van der Waals surface area (Å²) in [6.07, 6.45) is 5.76. The molecular formula is C20H31IN4. The van der Waals surface area contributed by atoms with Crippen molar-refractivity contribution in [2.45, 2.75) is 31.8 Å². The molecule has 0 spiro atoms. The zero-order valence-electron chi connectivity index (χ0n) is 15.2. The van der Waals surface area contributed by atoms with Crippen molar-refractivity contribution in [3.05, 3.63) is 48.6 Å². The van der Waals surface area contributed by atoms with Crippen LogP contribution in [0.4, 0.5) is 0 Å². The third kappa shape index (κ3) is 5.20. The molecule has 4 nitrogen and oxygen atoms in total. The van der Waals surface area contributed by atoms with Crippen LogP contribution in [-0.4, -0.2) is 55.0 Å². The van der Waals surface area contributed by atoms with E-state index in [1.807, 2.05) is 13.1 Å². The zero-order valence-corrected chi connectivity index (χ0v) is 17.6. The van der Waals surface area contributed by atoms with E-state index < -0.39 is 0 Å². The first-order chi connectivity index (χ1) is 11.8. The Balaban J connectivity index is 0.00000225. The Hall–Kier alpha value is -1.08. The van der Waals surface area contributed by atoms with Gasteiger partial charge in [-0.25, -0.2) is 0 Å². The van der Waals surface area contributed by atoms with E-state index >= 15 is 0 Å². The lowest BCUT2D eigenvalue weighted by Crippen LogP contribution is -2.56. The summed E-state index contributed by atoms with van der Waals surface area (Å²) in [7, 11) is 1.88. The van der Waals surface area contributed by atoms with Crippen molar-refractivity contribution < 1.29 is 0 Å². The number of guanidine groups is 1. The number of fused-ring (bicyclic) bond motifs is 1. The van der Waals surface area contributed by atoms with E-state index in [1.54, 1.807) is 0 Å². The number of nitrogens with one attached hydrogen (secondary N) is 1. The van der Waals surface area contributed by atoms with Crippen molar-refractivity contribution in [3.8, 4) is 0 Å². The third-order valence-corrected chi connectivity index (χ3v) is 5.33. The van der Waals surface area contributed by atoms with E-state index in [-0.39, 0.29) is 24.0 Å². The highest BCUT2D eigenvalue weighted by Gasteiger charge is 2.36. The molecule has 0 saturated carbocycles. The molecule has 0 aliphatic carbocycles. The number of nitrogens with zero attached hydrogens (tertiary/aromatic N) is 3. The second-order valence-electron chi connectivity index (χ2n) is 6.88. The van der Waals surface area contributed by atoms with Crippen LogP contribution >= 0.6 is 24.0 Å². The maximum absolute atomic E-state index is 4.44. The van der Waals surface area contributed by atoms with Gasteiger partial charge in [0.25, 0.3) is 0 Å². The average molecular weight is 454 g/mol. The molecule has 0 bridgehead atoms. The highest BCUT2D eigenvalue weighted by atomic mass is 127. The van der Waals surface area contributed by atoms with Crippen LogP contribution in [0.1, 0.15) is 24.8 Å². The van der Waals surface area contributed by atoms with Crippen LogP contribution in [-0.2, 0) is 6.54 Å². The van der Waals surface area contributed by atoms with Crippen molar-refractivity contribution >= 4 is 29.9 Å². The molecule has 0 radical (unpaired) electrons. The van der Waals surface area contributed by atoms with Crippen molar-refractivity contribution in [1.82, 2.24) is 15.1 Å². The van der Waals surface area contributed by atoms with Crippen molar-refractivity contribution in [3.63, 3.8) is 0 Å². The lowest BCUT2D eigenvalue weighted by molar-refractivity contribution is 0.0373. The zero-order chi connectivity index (χ0) is 16.8. The summed E-state index contributed by atoms with van der Waals surface area (Å²) < 4.78 is 0. The van der Waals surface area contributed by atoms with Crippen LogP contribution in [0.2, 0.25) is 0 Å². The second kappa shape index (κ2) is 10.2. The van der Waals surface area contributed by atoms with Gasteiger partial charge in [0.1, 0.15) is 0 Å². The van der Waals surface area contributed by atoms with Crippen LogP contribution in [0.5, 0.6) is 0 Å². The lowest BCUT2D eigenvalue weighted by atomic mass is 9.83. The van der Waals surface area contributed by atoms with E-state index in [9.17, 15) is 0 Å². The minimum Gasteiger partial charge on any atom is -0.353 e. The van der Waals surface area contributed by atoms with Crippen LogP contribution in [0, 0.1) is 5.92 Å². The minimum absolute atomic E-state index is 0. The monoisotopic (exact) mass is 454 g/mol. The fraction of sp³-hybridized carbons (Fsp3) is 0.550. The quantitative estimate of drug-likeness (QED) is 0.328. The standard InChI is InChI=1S/C20H30N4.HI/c1-3-12-22-20(21-2)24-14-11-19-18(16-24)10-7-13-23(19)15-17-8-5-4-6-9-17;/h3-6,8-9,18-19H,1,7,10-16H2,2H3,(H,21,22);1H. The van der Waals surface area contributed by atoms with E-state index in [0.29, 0.717) is 6.04 Å². The fourth-order valence-electron chi connectivity index (χ4n) is 4.21. The number of rotatable bonds is 4. The highest BCUT2D eigenvalue weighted by molar-refractivity contribution is 14.0. The summed E-state index contributed by atoms with van der Waals surface area (Å²) >= 11 is 0. The molecule has 5 heteroatoms. The summed E-state index contributed by atoms with van der Waals surface area (Å²) in [5, 5.41) is 3.38. The molecule has 1 N–H and O–H groups in total. The molecule has 0 aromatic heterocycles. The normalized spacial score (nSPS) is 24.2. The van der Waals surface area contributed by atoms with Gasteiger partial charge in [-0.05, 0) is 37.3 Å². The summed E-state index contributed by atoms with van der Waals surface area (Å²) in [5.41, 5.74) is 1.43. The molecule has 2 unspecified atom stereocenters. The molecule has 1 aromatic rings. The van der Waals surface area contributed by atoms with Gasteiger partial charge < -0.3 is 10.2 Å². The van der Waals surface area contributed by atoms with Crippen molar-refractivity contribution in [2.24, 2.45) is 10.9 Å². The van der Waals surface area contributed by atoms with Crippen molar-refractivity contribution in [1.29, 1.82) is 0 Å². The summed E-state index contributed by atoms with van der Waals surface area (Å²) in [4.78, 5) is 9.58. The molecule has 0 amide bonds. The van der Waals surface area contributed by atoms with E-state index in [2.05, 4.69) is 57.0 Å². The van der Waals surface area contributed by atoms with Gasteiger partial charge in [-0.2, -0.15) is 0 Å². The predicted octanol–water partition coefficient (Wildman–Crippen LogP) is 3.35. The van der Waals surface area contributed by atoms with Gasteiger partial charge in [-0.3, -0.25) is 9.89 Å². The molecule has 2 aliphatic rings. The van der Waals surface area contributed by atoms with Crippen molar-refractivity contribution in [2.75, 3.05) is 33.2 Å². The Kier molecular flexibility index (Phi) is 8.22. The lowest BCUT2D eigenvalue weighted by Gasteiger charge is -2.48. The smallest absolute Gasteiger partial charge is 0.193 e. The van der Waals surface area contributed by atoms with E-state index in [4.69, 9.17) is 0 Å². The van der Waals surface area contributed by atoms with Gasteiger partial charge in [0.05, 0.1) is 0 Å². The Labute approximate surface area is 169 Å². The molecule has 25 heavy (non-hydrogen) atoms. The number of piperidine rings is 2. The number of likely N-dealkylation sites (tertiary alicyclic amines) is 2. The Morgan fingerprint density at radius 3 is 2.80 bits per heavy atom. The predicted molar refractivity (Wildman–Crippen MR) is 117 cm³/mol. The summed E-state index contributed by atoms with van der Waals surface area (Å²) in [5.74, 6) is 1.77. The van der Waals surface area contributed by atoms with Crippen LogP contribution in [0.3, 0.4) is 0 Å². The summed E-state index contributed by atoms with van der Waals surface area (Å²) in [6.45, 7) is 9.09. The molecule has 2 fully saturated rings. The van der Waals surface area contributed by atoms with Gasteiger partial charge >= 0.3 is 0 Å². The minimum atomic E-state index is 0. The number of halogens is 1. The van der Waals surface area contributed by atoms with Gasteiger partial charge in [0.2, 0.25) is 0 Å². The first-order valence-corrected chi connectivity index (χ1v) is 9.16. The number of aliphatic imine (C=N–C) groups is 1. The van der Waals surface area contributed by atoms with Crippen LogP contribution in [0.25, 0.3) is 0 Å². The molecular weight excluding hydrogens is 423 g/mol. The molecule has 2 atom stereocenters. The maximum atomic E-state index is 4.44. The van der Waals surface area contributed by atoms with E-state index in [0.717, 1.165) is 38.1 Å². The largest absolute Gasteiger partial charge is 0.353 e. The maximum Gasteiger partial charge on any atom is 0.193 e. The molecule has 3 rings (SSSR count). The number of benzene rings is 1. The Bertz CT molecular complexity index is 560. The average Bonchev–Trinajstić information content (AvgIpc) is 2.63. The second-order valence-corrected chi connectivity index (χ2v) is 6.88. The molecule has 2 aliphatic heterocycles. The van der Waals surface area contributed by atoms with Gasteiger partial charge in [-0.1, -0.05) is 36.4 Å². The van der Waals surface area contributed by atoms with Gasteiger partial charge in [-0.15, -0.1) is 30.6 Å². The van der Waals surface area contributed by atoms with E-state index in [1.165, 1.54) is 31.4 Å². The first-order valence-electron chi connectivity index (χ1n) is 9.16. The first kappa shape index (κ1) is 20.2. The molecule has 2 heterocycles.